The summed E-state index contributed by atoms with van der Waals surface area (Å²) >= 11 is 0. The summed E-state index contributed by atoms with van der Waals surface area (Å²) in [7, 11) is 0. The van der Waals surface area contributed by atoms with Crippen molar-refractivity contribution in [2.75, 3.05) is 0 Å². The van der Waals surface area contributed by atoms with Crippen LogP contribution < -0.4 is 5.73 Å². The first kappa shape index (κ1) is 10.2. The van der Waals surface area contributed by atoms with Crippen molar-refractivity contribution in [2.45, 2.75) is 32.9 Å². The van der Waals surface area contributed by atoms with Gasteiger partial charge in [-0.2, -0.15) is 0 Å². The number of nitrogens with two attached hydrogens (primary N) is 1. The summed E-state index contributed by atoms with van der Waals surface area (Å²) in [5, 5.41) is 9.31. The fraction of sp³-hybridized carbons (Fsp3) is 0.455. The summed E-state index contributed by atoms with van der Waals surface area (Å²) < 4.78 is 0. The molecular weight excluding hydrogens is 162 g/mol. The van der Waals surface area contributed by atoms with Crippen molar-refractivity contribution in [2.24, 2.45) is 5.73 Å². The van der Waals surface area contributed by atoms with E-state index >= 15 is 0 Å². The Bertz CT molecular complexity index is 294. The minimum atomic E-state index is -0.498. The van der Waals surface area contributed by atoms with Gasteiger partial charge >= 0.3 is 0 Å². The van der Waals surface area contributed by atoms with Gasteiger partial charge in [0.25, 0.3) is 0 Å². The average Bonchev–Trinajstić information content (AvgIpc) is 2.08. The van der Waals surface area contributed by atoms with Crippen LogP contribution in [0.15, 0.2) is 18.2 Å². The zero-order valence-electron chi connectivity index (χ0n) is 8.41. The maximum absolute atomic E-state index is 9.31. The summed E-state index contributed by atoms with van der Waals surface area (Å²) in [6, 6.07) is 5.76. The van der Waals surface area contributed by atoms with Gasteiger partial charge in [0.15, 0.2) is 0 Å². The molecule has 1 rings (SSSR count). The second-order valence-corrected chi connectivity index (χ2v) is 3.61. The lowest BCUT2D eigenvalue weighted by Gasteiger charge is -2.16. The molecule has 0 fully saturated rings. The summed E-state index contributed by atoms with van der Waals surface area (Å²) in [5.41, 5.74) is 9.27. The van der Waals surface area contributed by atoms with Gasteiger partial charge < -0.3 is 10.8 Å². The van der Waals surface area contributed by atoms with Crippen molar-refractivity contribution in [1.82, 2.24) is 0 Å². The number of hydrogen-bond acceptors (Lipinski definition) is 2. The quantitative estimate of drug-likeness (QED) is 0.725. The van der Waals surface area contributed by atoms with Gasteiger partial charge in [0.05, 0.1) is 12.1 Å². The molecule has 72 valence electrons. The molecule has 1 aromatic rings. The van der Waals surface area contributed by atoms with E-state index in [9.17, 15) is 5.11 Å². The molecule has 2 heteroatoms. The van der Waals surface area contributed by atoms with E-state index in [0.29, 0.717) is 0 Å². The molecule has 0 aromatic heterocycles. The highest BCUT2D eigenvalue weighted by Gasteiger charge is 2.11. The normalized spacial score (nSPS) is 15.5. The molecule has 1 aromatic carbocycles. The predicted molar refractivity (Wildman–Crippen MR) is 54.5 cm³/mol. The summed E-state index contributed by atoms with van der Waals surface area (Å²) in [4.78, 5) is 0. The van der Waals surface area contributed by atoms with Gasteiger partial charge in [-0.3, -0.25) is 0 Å². The standard InChI is InChI=1S/C11H17NO/c1-7-4-5-10(6-8(7)2)11(12)9(3)13/h4-6,9,11,13H,12H2,1-3H3/t9-,11+/m0/s1. The molecule has 0 heterocycles. The molecule has 0 spiro atoms. The number of hydrogen-bond donors (Lipinski definition) is 2. The molecule has 0 amide bonds. The van der Waals surface area contributed by atoms with Gasteiger partial charge in [0.2, 0.25) is 0 Å². The summed E-state index contributed by atoms with van der Waals surface area (Å²) in [5.74, 6) is 0. The van der Waals surface area contributed by atoms with Crippen LogP contribution in [0.25, 0.3) is 0 Å². The lowest BCUT2D eigenvalue weighted by molar-refractivity contribution is 0.164. The predicted octanol–water partition coefficient (Wildman–Crippen LogP) is 1.68. The van der Waals surface area contributed by atoms with Crippen LogP contribution in [0.1, 0.15) is 29.7 Å². The lowest BCUT2D eigenvalue weighted by atomic mass is 9.99. The van der Waals surface area contributed by atoms with Crippen molar-refractivity contribution in [3.63, 3.8) is 0 Å². The molecule has 0 saturated heterocycles. The van der Waals surface area contributed by atoms with Crippen molar-refractivity contribution < 1.29 is 5.11 Å². The topological polar surface area (TPSA) is 46.2 Å². The van der Waals surface area contributed by atoms with Crippen molar-refractivity contribution in [3.8, 4) is 0 Å². The zero-order valence-corrected chi connectivity index (χ0v) is 8.41. The Morgan fingerprint density at radius 1 is 1.23 bits per heavy atom. The lowest BCUT2D eigenvalue weighted by Crippen LogP contribution is -2.23. The van der Waals surface area contributed by atoms with Crippen molar-refractivity contribution >= 4 is 0 Å². The monoisotopic (exact) mass is 179 g/mol. The Morgan fingerprint density at radius 3 is 2.31 bits per heavy atom. The average molecular weight is 179 g/mol. The molecule has 0 aliphatic heterocycles. The number of rotatable bonds is 2. The molecule has 0 aliphatic rings. The Hall–Kier alpha value is -0.860. The third-order valence-electron chi connectivity index (χ3n) is 2.44. The van der Waals surface area contributed by atoms with Crippen LogP contribution in [0.3, 0.4) is 0 Å². The van der Waals surface area contributed by atoms with Crippen LogP contribution in [0.2, 0.25) is 0 Å². The maximum Gasteiger partial charge on any atom is 0.0704 e. The zero-order chi connectivity index (χ0) is 10.0. The van der Waals surface area contributed by atoms with Crippen LogP contribution in [-0.4, -0.2) is 11.2 Å². The van der Waals surface area contributed by atoms with E-state index in [4.69, 9.17) is 5.73 Å². The van der Waals surface area contributed by atoms with Gasteiger partial charge in [-0.05, 0) is 37.5 Å². The van der Waals surface area contributed by atoms with Gasteiger partial charge in [-0.25, -0.2) is 0 Å². The Kier molecular flexibility index (Phi) is 3.07. The molecule has 3 N–H and O–H groups in total. The first-order valence-corrected chi connectivity index (χ1v) is 4.53. The summed E-state index contributed by atoms with van der Waals surface area (Å²) in [6.45, 7) is 5.82. The third-order valence-corrected chi connectivity index (χ3v) is 2.44. The third kappa shape index (κ3) is 2.29. The van der Waals surface area contributed by atoms with E-state index in [-0.39, 0.29) is 6.04 Å². The number of benzene rings is 1. The van der Waals surface area contributed by atoms with E-state index in [1.165, 1.54) is 11.1 Å². The number of aliphatic hydroxyl groups excluding tert-OH is 1. The molecule has 0 unspecified atom stereocenters. The molecule has 2 atom stereocenters. The first-order chi connectivity index (χ1) is 6.02. The largest absolute Gasteiger partial charge is 0.391 e. The van der Waals surface area contributed by atoms with Gasteiger partial charge in [0, 0.05) is 0 Å². The second kappa shape index (κ2) is 3.90. The van der Waals surface area contributed by atoms with Crippen molar-refractivity contribution in [1.29, 1.82) is 0 Å². The van der Waals surface area contributed by atoms with E-state index in [0.717, 1.165) is 5.56 Å². The molecule has 13 heavy (non-hydrogen) atoms. The Morgan fingerprint density at radius 2 is 1.85 bits per heavy atom. The van der Waals surface area contributed by atoms with E-state index in [1.54, 1.807) is 6.92 Å². The summed E-state index contributed by atoms with van der Waals surface area (Å²) in [6.07, 6.45) is -0.498. The molecule has 2 nitrogen and oxygen atoms in total. The smallest absolute Gasteiger partial charge is 0.0704 e. The molecule has 0 bridgehead atoms. The fourth-order valence-electron chi connectivity index (χ4n) is 1.25. The van der Waals surface area contributed by atoms with Gasteiger partial charge in [-0.1, -0.05) is 18.2 Å². The molecule has 0 aliphatic carbocycles. The van der Waals surface area contributed by atoms with Crippen LogP contribution >= 0.6 is 0 Å². The van der Waals surface area contributed by atoms with E-state index < -0.39 is 6.10 Å². The van der Waals surface area contributed by atoms with Gasteiger partial charge in [-0.15, -0.1) is 0 Å². The molecule has 0 radical (unpaired) electrons. The van der Waals surface area contributed by atoms with Crippen molar-refractivity contribution in [3.05, 3.63) is 34.9 Å². The molecule has 0 saturated carbocycles. The van der Waals surface area contributed by atoms with Crippen LogP contribution in [0.5, 0.6) is 0 Å². The minimum Gasteiger partial charge on any atom is -0.391 e. The first-order valence-electron chi connectivity index (χ1n) is 4.53. The molecular formula is C11H17NO. The number of aryl methyl sites for hydroxylation is 2. The van der Waals surface area contributed by atoms with Gasteiger partial charge in [0.1, 0.15) is 0 Å². The van der Waals surface area contributed by atoms with Crippen LogP contribution in [0, 0.1) is 13.8 Å². The highest BCUT2D eigenvalue weighted by molar-refractivity contribution is 5.31. The minimum absolute atomic E-state index is 0.278. The highest BCUT2D eigenvalue weighted by Crippen LogP contribution is 2.17. The van der Waals surface area contributed by atoms with Crippen LogP contribution in [0.4, 0.5) is 0 Å². The second-order valence-electron chi connectivity index (χ2n) is 3.61. The fourth-order valence-corrected chi connectivity index (χ4v) is 1.25. The number of aliphatic hydroxyl groups is 1. The highest BCUT2D eigenvalue weighted by atomic mass is 16.3. The van der Waals surface area contributed by atoms with E-state index in [1.807, 2.05) is 25.1 Å². The Balaban J connectivity index is 2.97. The Labute approximate surface area is 79.4 Å². The van der Waals surface area contributed by atoms with E-state index in [2.05, 4.69) is 6.92 Å². The van der Waals surface area contributed by atoms with Crippen LogP contribution in [-0.2, 0) is 0 Å². The maximum atomic E-state index is 9.31. The SMILES string of the molecule is Cc1ccc([C@H](N)[C@H](C)O)cc1C.